The van der Waals surface area contributed by atoms with E-state index in [9.17, 15) is 19.2 Å². The Balaban J connectivity index is 0.000000229. The number of nitrogens with one attached hydrogen (secondary N) is 1. The number of H-pyrrole nitrogens is 1. The van der Waals surface area contributed by atoms with Gasteiger partial charge in [0.15, 0.2) is 21.5 Å². The molecule has 0 radical (unpaired) electrons. The standard InChI is InChI=1S/C24H20N4O2S2.C14H12N2OS2.C10H9ClN2O.C8H7NOS.C6H5BrOS.C6H7NOS.C2H3NO2.ClH.Na/c1-16-9-10-22-26-17(12-23(29)27(22)14-16)15-32-24-25-13-19(21-8-5-11-31-21)28(24)18-6-3-4-7-20(18)30-2;1-17-12-6-3-2-5-10(12)16-11(9-15-14(16)18)13-7-4-8-19-13;1-7-2-3-13-9(4-7)12-8(6-11)5-10(13)14;1-10-8-5-3-2-4-7(8)9-6-11;2*7-4-5(8)6-2-1-3-9-6;4-1-3-2-5;;/h3-14H,15H2,1-2H3;2-9H,1H3,(H,15,18);2-5H,6H2,1H3;2-5H,1H3;1-3H,4H2;1-3H,4,7H2;1-2H,(H,3,4,5);1H;/q;;;;;;;;+1/p-1. The van der Waals surface area contributed by atoms with Crippen molar-refractivity contribution in [1.29, 1.82) is 0 Å². The van der Waals surface area contributed by atoms with Gasteiger partial charge in [0.1, 0.15) is 34.2 Å². The minimum atomic E-state index is -0.0920. The molecule has 20 nitrogen and oxygen atoms in total. The number of thioether (sulfide) groups is 1. The first kappa shape index (κ1) is 83.5. The Morgan fingerprint density at radius 2 is 1.23 bits per heavy atom. The average molecular weight is 1600 g/mol. The number of ether oxygens (including phenoxy) is 3. The van der Waals surface area contributed by atoms with Crippen molar-refractivity contribution in [3.05, 3.63) is 267 Å². The number of thiocarbonyl (C=S) groups is 1. The number of imidazole rings is 2. The van der Waals surface area contributed by atoms with Crippen LogP contribution in [0.4, 0.5) is 5.69 Å². The minimum Gasteiger partial charge on any atom is -0.602 e. The number of thiophene rings is 4. The van der Waals surface area contributed by atoms with E-state index >= 15 is 0 Å². The first-order valence-corrected chi connectivity index (χ1v) is 36.2. The predicted molar refractivity (Wildman–Crippen MR) is 416 cm³/mol. The molecule has 31 heteroatoms. The van der Waals surface area contributed by atoms with Gasteiger partial charge in [0, 0.05) is 49.3 Å². The predicted octanol–water partition coefficient (Wildman–Crippen LogP) is 14.0. The van der Waals surface area contributed by atoms with Crippen LogP contribution in [0, 0.1) is 18.6 Å². The molecule has 0 bridgehead atoms. The van der Waals surface area contributed by atoms with Crippen LogP contribution in [0.3, 0.4) is 0 Å². The number of nitrogens with zero attached hydrogens (tertiary/aromatic N) is 9. The zero-order valence-corrected chi connectivity index (χ0v) is 65.8. The molecule has 10 aromatic heterocycles. The van der Waals surface area contributed by atoms with Crippen LogP contribution in [0.5, 0.6) is 17.2 Å². The number of carbonyl (C=O) groups is 4. The number of hydrogen-bond acceptors (Lipinski definition) is 21. The number of rotatable bonds is 18. The van der Waals surface area contributed by atoms with E-state index < -0.39 is 0 Å². The summed E-state index contributed by atoms with van der Waals surface area (Å²) in [7, 11) is 4.93. The molecule has 3 N–H and O–H groups in total. The maximum atomic E-state index is 12.6. The van der Waals surface area contributed by atoms with Crippen LogP contribution in [0.15, 0.2) is 224 Å². The summed E-state index contributed by atoms with van der Waals surface area (Å²) >= 11 is 26.4. The Morgan fingerprint density at radius 1 is 0.683 bits per heavy atom. The number of carbonyl (C=O) groups excluding carboxylic acids is 4. The van der Waals surface area contributed by atoms with Crippen LogP contribution < -0.4 is 60.6 Å². The van der Waals surface area contributed by atoms with Crippen molar-refractivity contribution in [2.45, 2.75) is 30.6 Å². The molecule has 10 heterocycles. The monoisotopic (exact) mass is 1600 g/mol. The van der Waals surface area contributed by atoms with Crippen LogP contribution in [-0.2, 0) is 21.2 Å². The SMILES string of the molecule is COc1ccccc1-n1c(-c2cccs2)c[nH]c1=S.COc1ccccc1-n1c(-c2cccs2)cnc1SCc1cc(=O)n2cc(C)ccc2n1.COc1ccccc1N=C=S.Cc1ccn2c(=O)cc(CCl)nc2c1.Cl.NCC(=O)c1cccs1.O=C(CBr)c1cccs1.O=C[N-]C=O.[Na+]. The fourth-order valence-corrected chi connectivity index (χ4v) is 13.4. The number of ketones is 2. The summed E-state index contributed by atoms with van der Waals surface area (Å²) in [5, 5.41) is 14.0. The summed E-state index contributed by atoms with van der Waals surface area (Å²) in [6, 6.07) is 49.3. The molecule has 13 rings (SSSR count). The zero-order chi connectivity index (χ0) is 71.1. The number of halogens is 3. The molecule has 2 amide bonds. The number of Topliss-reactive ketones (excluding diaryl/α,β-unsaturated/α-hetero) is 2. The third-order valence-electron chi connectivity index (χ3n) is 13.2. The van der Waals surface area contributed by atoms with E-state index in [1.54, 1.807) is 78.5 Å². The second kappa shape index (κ2) is 44.3. The van der Waals surface area contributed by atoms with Crippen molar-refractivity contribution in [3.8, 4) is 49.8 Å². The summed E-state index contributed by atoms with van der Waals surface area (Å²) in [5.41, 5.74) is 14.3. The number of aromatic nitrogens is 8. The number of imide groups is 1. The molecule has 0 aliphatic heterocycles. The Bertz CT molecular complexity index is 4940. The molecule has 3 aromatic carbocycles. The number of amides is 2. The van der Waals surface area contributed by atoms with Gasteiger partial charge < -0.3 is 39.8 Å². The fourth-order valence-electron chi connectivity index (χ4n) is 8.74. The first-order chi connectivity index (χ1) is 48.1. The second-order valence-corrected chi connectivity index (χ2v) is 25.8. The van der Waals surface area contributed by atoms with E-state index in [1.165, 1.54) is 38.0 Å². The summed E-state index contributed by atoms with van der Waals surface area (Å²) in [6.07, 6.45) is 7.72. The van der Waals surface area contributed by atoms with Crippen molar-refractivity contribution in [2.24, 2.45) is 10.7 Å². The van der Waals surface area contributed by atoms with E-state index in [0.29, 0.717) is 44.3 Å². The molecule has 0 spiro atoms. The number of nitrogens with two attached hydrogens (primary N) is 1. The summed E-state index contributed by atoms with van der Waals surface area (Å²) in [5.74, 6) is 3.24. The quantitative estimate of drug-likeness (QED) is 0.0154. The van der Waals surface area contributed by atoms with E-state index in [4.69, 9.17) is 58.3 Å². The number of alkyl halides is 2. The van der Waals surface area contributed by atoms with E-state index in [2.05, 4.69) is 86.0 Å². The smallest absolute Gasteiger partial charge is 0.602 e. The van der Waals surface area contributed by atoms with Crippen LogP contribution in [0.1, 0.15) is 41.9 Å². The molecular weight excluding hydrogens is 1540 g/mol. The third kappa shape index (κ3) is 24.3. The van der Waals surface area contributed by atoms with Gasteiger partial charge in [0.2, 0.25) is 0 Å². The van der Waals surface area contributed by atoms with Crippen molar-refractivity contribution in [3.63, 3.8) is 0 Å². The molecule has 13 aromatic rings. The minimum absolute atomic E-state index is 0. The number of methoxy groups -OCH3 is 3. The van der Waals surface area contributed by atoms with Gasteiger partial charge >= 0.3 is 29.6 Å². The van der Waals surface area contributed by atoms with Gasteiger partial charge in [-0.3, -0.25) is 37.1 Å². The van der Waals surface area contributed by atoms with Gasteiger partial charge in [-0.05, 0) is 150 Å². The van der Waals surface area contributed by atoms with Gasteiger partial charge in [-0.15, -0.1) is 69.4 Å². The number of aryl methyl sites for hydroxylation is 2. The Morgan fingerprint density at radius 3 is 1.77 bits per heavy atom. The van der Waals surface area contributed by atoms with Crippen LogP contribution in [-0.4, -0.2) is 101 Å². The molecule has 0 fully saturated rings. The summed E-state index contributed by atoms with van der Waals surface area (Å²) in [6.45, 7) is 4.03. The van der Waals surface area contributed by atoms with Crippen molar-refractivity contribution in [1.82, 2.24) is 37.9 Å². The van der Waals surface area contributed by atoms with Crippen LogP contribution in [0.25, 0.3) is 49.1 Å². The molecule has 516 valence electrons. The number of isothiocyanates is 1. The van der Waals surface area contributed by atoms with Crippen molar-refractivity contribution in [2.75, 3.05) is 33.2 Å². The van der Waals surface area contributed by atoms with Gasteiger partial charge in [0.25, 0.3) is 11.1 Å². The second-order valence-electron chi connectivity index (χ2n) is 19.7. The van der Waals surface area contributed by atoms with E-state index in [1.807, 2.05) is 175 Å². The molecule has 0 aliphatic rings. The van der Waals surface area contributed by atoms with E-state index in [0.717, 1.165) is 70.9 Å². The number of pyridine rings is 2. The van der Waals surface area contributed by atoms with Crippen molar-refractivity contribution < 1.29 is 62.9 Å². The normalized spacial score (nSPS) is 9.90. The topological polar surface area (TPSA) is 256 Å². The molecule has 101 heavy (non-hydrogen) atoms. The zero-order valence-electron chi connectivity index (χ0n) is 54.9. The Labute approximate surface area is 653 Å². The van der Waals surface area contributed by atoms with Gasteiger partial charge in [-0.1, -0.05) is 94.4 Å². The maximum Gasteiger partial charge on any atom is 1.00 e. The summed E-state index contributed by atoms with van der Waals surface area (Å²) in [4.78, 5) is 88.1. The molecular formula is C70H63BrCl2N11NaO9S7. The largest absolute Gasteiger partial charge is 1.00 e. The number of fused-ring (bicyclic) bond motifs is 2. The average Bonchev–Trinajstić information content (AvgIpc) is 1.70. The van der Waals surface area contributed by atoms with Crippen molar-refractivity contribution >= 4 is 168 Å². The maximum absolute atomic E-state index is 12.6. The Hall–Kier alpha value is -8.13. The summed E-state index contributed by atoms with van der Waals surface area (Å²) < 4.78 is 23.9. The molecule has 0 aliphatic carbocycles. The number of aromatic amines is 1. The number of aliphatic imine (C=N–C) groups is 1. The number of hydrogen-bond donors (Lipinski definition) is 2. The number of benzene rings is 3. The number of para-hydroxylation sites is 6. The molecule has 0 saturated heterocycles. The Kier molecular flexibility index (Phi) is 36.6. The van der Waals surface area contributed by atoms with E-state index in [-0.39, 0.29) is 89.9 Å². The van der Waals surface area contributed by atoms with Crippen LogP contribution in [0.2, 0.25) is 0 Å². The van der Waals surface area contributed by atoms with Gasteiger partial charge in [-0.2, -0.15) is 4.99 Å². The van der Waals surface area contributed by atoms with Crippen LogP contribution >= 0.6 is 121 Å². The van der Waals surface area contributed by atoms with Gasteiger partial charge in [-0.25, -0.2) is 15.0 Å². The third-order valence-corrected chi connectivity index (χ3v) is 19.0. The first-order valence-electron chi connectivity index (χ1n) is 29.2. The molecule has 0 atom stereocenters. The molecule has 0 saturated carbocycles. The molecule has 0 unspecified atom stereocenters. The fraction of sp³-hybridized carbons (Fsp3) is 0.129. The van der Waals surface area contributed by atoms with Gasteiger partial charge in [0.05, 0.1) is 104 Å².